The van der Waals surface area contributed by atoms with Gasteiger partial charge in [0.05, 0.1) is 11.0 Å². The fraction of sp³-hybridized carbons (Fsp3) is 0.667. The lowest BCUT2D eigenvalue weighted by Crippen LogP contribution is -2.58. The molecule has 2 fully saturated rings. The first-order valence-corrected chi connectivity index (χ1v) is 12.2. The standard InChI is InChI=1S/C24H37N5O4/c1-3-26(4-2)14-13-25-23(30)22(19-7-5-6-8-19)27-15-17-28(18-16-27)24(31)20-9-11-21(12-10-20)29(32)33/h9-12,19,22H,3-8,13-18H2,1-2H3,(H,25,30)/t22-/m0/s1. The van der Waals surface area contributed by atoms with Gasteiger partial charge in [0.25, 0.3) is 11.6 Å². The molecule has 2 amide bonds. The number of carbonyl (C=O) groups is 2. The molecule has 1 atom stereocenters. The third-order valence-corrected chi connectivity index (χ3v) is 7.06. The van der Waals surface area contributed by atoms with Gasteiger partial charge in [-0.15, -0.1) is 0 Å². The van der Waals surface area contributed by atoms with Crippen molar-refractivity contribution in [2.45, 2.75) is 45.6 Å². The highest BCUT2D eigenvalue weighted by atomic mass is 16.6. The van der Waals surface area contributed by atoms with Crippen LogP contribution in [0.2, 0.25) is 0 Å². The molecule has 3 rings (SSSR count). The SMILES string of the molecule is CCN(CC)CCNC(=O)[C@H](C1CCCC1)N1CCN(C(=O)c2ccc([N+](=O)[O-])cc2)CC1. The molecule has 182 valence electrons. The molecule has 1 aromatic carbocycles. The second-order valence-electron chi connectivity index (χ2n) is 8.94. The van der Waals surface area contributed by atoms with E-state index >= 15 is 0 Å². The zero-order chi connectivity index (χ0) is 23.8. The third kappa shape index (κ3) is 6.51. The molecule has 0 radical (unpaired) electrons. The minimum absolute atomic E-state index is 0.0252. The number of nitrogens with one attached hydrogen (secondary N) is 1. The van der Waals surface area contributed by atoms with Crippen molar-refractivity contribution in [3.63, 3.8) is 0 Å². The number of likely N-dealkylation sites (N-methyl/N-ethyl adjacent to an activating group) is 1. The van der Waals surface area contributed by atoms with Crippen LogP contribution in [0.25, 0.3) is 0 Å². The summed E-state index contributed by atoms with van der Waals surface area (Å²) < 4.78 is 0. The average molecular weight is 460 g/mol. The summed E-state index contributed by atoms with van der Waals surface area (Å²) in [4.78, 5) is 42.8. The Morgan fingerprint density at radius 3 is 2.24 bits per heavy atom. The molecule has 1 saturated heterocycles. The molecule has 2 aliphatic rings. The monoisotopic (exact) mass is 459 g/mol. The number of nitrogens with zero attached hydrogens (tertiary/aromatic N) is 4. The Bertz CT molecular complexity index is 798. The van der Waals surface area contributed by atoms with E-state index in [0.717, 1.165) is 32.5 Å². The topological polar surface area (TPSA) is 99.0 Å². The number of amides is 2. The number of piperazine rings is 1. The lowest BCUT2D eigenvalue weighted by Gasteiger charge is -2.40. The zero-order valence-corrected chi connectivity index (χ0v) is 19.9. The van der Waals surface area contributed by atoms with Gasteiger partial charge in [0.15, 0.2) is 0 Å². The summed E-state index contributed by atoms with van der Waals surface area (Å²) in [7, 11) is 0. The van der Waals surface area contributed by atoms with Crippen LogP contribution >= 0.6 is 0 Å². The van der Waals surface area contributed by atoms with E-state index in [1.165, 1.54) is 37.1 Å². The van der Waals surface area contributed by atoms with Crippen molar-refractivity contribution < 1.29 is 14.5 Å². The number of nitro groups is 1. The number of nitro benzene ring substituents is 1. The van der Waals surface area contributed by atoms with Gasteiger partial charge >= 0.3 is 0 Å². The highest BCUT2D eigenvalue weighted by molar-refractivity contribution is 5.94. The maximum Gasteiger partial charge on any atom is 0.269 e. The minimum atomic E-state index is -0.469. The smallest absolute Gasteiger partial charge is 0.269 e. The molecule has 1 aliphatic carbocycles. The number of hydrogen-bond acceptors (Lipinski definition) is 6. The molecule has 1 aliphatic heterocycles. The van der Waals surface area contributed by atoms with Crippen molar-refractivity contribution in [1.29, 1.82) is 0 Å². The normalized spacial score (nSPS) is 18.5. The van der Waals surface area contributed by atoms with Gasteiger partial charge in [-0.1, -0.05) is 26.7 Å². The predicted molar refractivity (Wildman–Crippen MR) is 127 cm³/mol. The van der Waals surface area contributed by atoms with Crippen molar-refractivity contribution in [3.8, 4) is 0 Å². The molecular weight excluding hydrogens is 422 g/mol. The summed E-state index contributed by atoms with van der Waals surface area (Å²) in [6.45, 7) is 10.1. The lowest BCUT2D eigenvalue weighted by atomic mass is 9.95. The molecule has 0 unspecified atom stereocenters. The number of hydrogen-bond donors (Lipinski definition) is 1. The lowest BCUT2D eigenvalue weighted by molar-refractivity contribution is -0.384. The Labute approximate surface area is 196 Å². The molecule has 1 aromatic rings. The highest BCUT2D eigenvalue weighted by Crippen LogP contribution is 2.31. The molecule has 1 N–H and O–H groups in total. The van der Waals surface area contributed by atoms with E-state index in [2.05, 4.69) is 29.0 Å². The molecule has 9 nitrogen and oxygen atoms in total. The quantitative estimate of drug-likeness (QED) is 0.426. The molecule has 0 spiro atoms. The minimum Gasteiger partial charge on any atom is -0.353 e. The van der Waals surface area contributed by atoms with Crippen LogP contribution in [0.3, 0.4) is 0 Å². The van der Waals surface area contributed by atoms with Crippen LogP contribution in [0.1, 0.15) is 49.9 Å². The summed E-state index contributed by atoms with van der Waals surface area (Å²) in [5.41, 5.74) is 0.429. The van der Waals surface area contributed by atoms with Gasteiger partial charge in [-0.3, -0.25) is 24.6 Å². The predicted octanol–water partition coefficient (Wildman–Crippen LogP) is 2.37. The third-order valence-electron chi connectivity index (χ3n) is 7.06. The van der Waals surface area contributed by atoms with Crippen LogP contribution in [0.4, 0.5) is 5.69 Å². The van der Waals surface area contributed by atoms with Crippen molar-refractivity contribution in [3.05, 3.63) is 39.9 Å². The molecule has 1 heterocycles. The maximum atomic E-state index is 13.2. The summed E-state index contributed by atoms with van der Waals surface area (Å²) in [6, 6.07) is 5.61. The first-order valence-electron chi connectivity index (χ1n) is 12.2. The largest absolute Gasteiger partial charge is 0.353 e. The van der Waals surface area contributed by atoms with Crippen LogP contribution < -0.4 is 5.32 Å². The summed E-state index contributed by atoms with van der Waals surface area (Å²) in [5, 5.41) is 14.0. The number of non-ortho nitro benzene ring substituents is 1. The fourth-order valence-corrected chi connectivity index (χ4v) is 5.04. The van der Waals surface area contributed by atoms with Crippen LogP contribution in [-0.2, 0) is 4.79 Å². The maximum absolute atomic E-state index is 13.2. The Hall–Kier alpha value is -2.52. The van der Waals surface area contributed by atoms with Gasteiger partial charge in [0, 0.05) is 57.0 Å². The number of carbonyl (C=O) groups excluding carboxylic acids is 2. The van der Waals surface area contributed by atoms with Gasteiger partial charge in [0.1, 0.15) is 0 Å². The van der Waals surface area contributed by atoms with Crippen molar-refractivity contribution >= 4 is 17.5 Å². The van der Waals surface area contributed by atoms with Gasteiger partial charge < -0.3 is 15.1 Å². The van der Waals surface area contributed by atoms with Crippen LogP contribution in [0.5, 0.6) is 0 Å². The molecule has 33 heavy (non-hydrogen) atoms. The van der Waals surface area contributed by atoms with Crippen LogP contribution in [0, 0.1) is 16.0 Å². The van der Waals surface area contributed by atoms with Crippen LogP contribution in [-0.4, -0.2) is 89.8 Å². The van der Waals surface area contributed by atoms with Gasteiger partial charge in [-0.05, 0) is 44.0 Å². The first-order chi connectivity index (χ1) is 15.9. The molecule has 9 heteroatoms. The van der Waals surface area contributed by atoms with Crippen molar-refractivity contribution in [2.75, 3.05) is 52.4 Å². The Morgan fingerprint density at radius 2 is 1.70 bits per heavy atom. The van der Waals surface area contributed by atoms with E-state index in [1.54, 1.807) is 4.90 Å². The van der Waals surface area contributed by atoms with Gasteiger partial charge in [-0.25, -0.2) is 0 Å². The molecule has 0 bridgehead atoms. The van der Waals surface area contributed by atoms with Gasteiger partial charge in [-0.2, -0.15) is 0 Å². The zero-order valence-electron chi connectivity index (χ0n) is 19.9. The van der Waals surface area contributed by atoms with Crippen molar-refractivity contribution in [1.82, 2.24) is 20.0 Å². The first kappa shape index (κ1) is 25.1. The highest BCUT2D eigenvalue weighted by Gasteiger charge is 2.37. The Morgan fingerprint density at radius 1 is 1.09 bits per heavy atom. The number of rotatable bonds is 10. The second-order valence-corrected chi connectivity index (χ2v) is 8.94. The molecule has 0 aromatic heterocycles. The fourth-order valence-electron chi connectivity index (χ4n) is 5.04. The summed E-state index contributed by atoms with van der Waals surface area (Å²) >= 11 is 0. The van der Waals surface area contributed by atoms with E-state index in [-0.39, 0.29) is 23.5 Å². The Kier molecular flexibility index (Phi) is 9.20. The Balaban J connectivity index is 1.58. The second kappa shape index (κ2) is 12.1. The van der Waals surface area contributed by atoms with E-state index in [4.69, 9.17) is 0 Å². The van der Waals surface area contributed by atoms with Crippen molar-refractivity contribution in [2.24, 2.45) is 5.92 Å². The average Bonchev–Trinajstić information content (AvgIpc) is 3.36. The van der Waals surface area contributed by atoms with Gasteiger partial charge in [0.2, 0.25) is 5.91 Å². The summed E-state index contributed by atoms with van der Waals surface area (Å²) in [5.74, 6) is 0.366. The van der Waals surface area contributed by atoms with Crippen LogP contribution in [0.15, 0.2) is 24.3 Å². The molecule has 1 saturated carbocycles. The van der Waals surface area contributed by atoms with E-state index < -0.39 is 4.92 Å². The number of benzene rings is 1. The molecular formula is C24H37N5O4. The summed E-state index contributed by atoms with van der Waals surface area (Å²) in [6.07, 6.45) is 4.51. The van der Waals surface area contributed by atoms with E-state index in [9.17, 15) is 19.7 Å². The van der Waals surface area contributed by atoms with E-state index in [0.29, 0.717) is 44.2 Å². The van der Waals surface area contributed by atoms with E-state index in [1.807, 2.05) is 0 Å².